The maximum atomic E-state index is 6.59. The molecular formula is C59H46N2O2. The Morgan fingerprint density at radius 2 is 1.19 bits per heavy atom. The summed E-state index contributed by atoms with van der Waals surface area (Å²) in [4.78, 5) is 4.80. The standard InChI is InChI=1S/C59H46N2O2/c1-3-12-46(13-4-1)60(54-19-11-18-52-50-16-7-9-20-56(50)62-58(52)54)48-34-30-44(31-35-48)42-26-22-40(23-27-42)41-24-28-43(29-25-41)45-32-36-49(37-33-45)61(47-14-5-2-6-15-47)55-39-38-53-51-17-8-10-21-57(51)63-59(53)55/h1-22,24-34,36-38,40,48,51,57H,23,35,39H2. The minimum absolute atomic E-state index is 0.0755. The zero-order chi connectivity index (χ0) is 41.7. The van der Waals surface area contributed by atoms with Crippen LogP contribution in [0.25, 0.3) is 33.1 Å². The van der Waals surface area contributed by atoms with E-state index in [0.29, 0.717) is 11.8 Å². The Kier molecular flexibility index (Phi) is 9.29. The molecule has 1 fully saturated rings. The summed E-state index contributed by atoms with van der Waals surface area (Å²) >= 11 is 0. The third kappa shape index (κ3) is 6.70. The molecule has 7 aromatic rings. The van der Waals surface area contributed by atoms with Crippen molar-refractivity contribution >= 4 is 44.7 Å². The predicted molar refractivity (Wildman–Crippen MR) is 259 cm³/mol. The summed E-state index contributed by atoms with van der Waals surface area (Å²) in [6.45, 7) is 0. The summed E-state index contributed by atoms with van der Waals surface area (Å²) < 4.78 is 13.1. The number of hydrogen-bond donors (Lipinski definition) is 0. The summed E-state index contributed by atoms with van der Waals surface area (Å²) in [5.74, 6) is 1.67. The second kappa shape index (κ2) is 15.7. The molecule has 0 bridgehead atoms. The average Bonchev–Trinajstić information content (AvgIpc) is 4.06. The van der Waals surface area contributed by atoms with Crippen LogP contribution < -0.4 is 9.80 Å². The third-order valence-corrected chi connectivity index (χ3v) is 13.3. The lowest BCUT2D eigenvalue weighted by atomic mass is 9.86. The molecule has 2 heterocycles. The fourth-order valence-electron chi connectivity index (χ4n) is 10.2. The highest BCUT2D eigenvalue weighted by atomic mass is 16.5. The van der Waals surface area contributed by atoms with Crippen molar-refractivity contribution in [1.29, 1.82) is 0 Å². The van der Waals surface area contributed by atoms with Crippen LogP contribution in [0.1, 0.15) is 30.7 Å². The van der Waals surface area contributed by atoms with Crippen LogP contribution in [-0.2, 0) is 4.74 Å². The molecule has 0 amide bonds. The van der Waals surface area contributed by atoms with Gasteiger partial charge in [0.25, 0.3) is 0 Å². The molecule has 0 N–H and O–H groups in total. The monoisotopic (exact) mass is 814 g/mol. The summed E-state index contributed by atoms with van der Waals surface area (Å²) in [5.41, 5.74) is 15.2. The molecule has 4 nitrogen and oxygen atoms in total. The Hall–Kier alpha value is -7.56. The molecule has 63 heavy (non-hydrogen) atoms. The molecule has 4 unspecified atom stereocenters. The number of allylic oxidation sites excluding steroid dienone is 10. The molecule has 4 atom stereocenters. The van der Waals surface area contributed by atoms with Gasteiger partial charge in [0, 0.05) is 51.7 Å². The number of ether oxygens (including phenoxy) is 1. The number of hydrogen-bond acceptors (Lipinski definition) is 4. The van der Waals surface area contributed by atoms with Crippen LogP contribution in [-0.4, -0.2) is 12.1 Å². The summed E-state index contributed by atoms with van der Waals surface area (Å²) in [6.07, 6.45) is 28.0. The fourth-order valence-corrected chi connectivity index (χ4v) is 10.2. The quantitative estimate of drug-likeness (QED) is 0.145. The molecule has 1 saturated heterocycles. The Balaban J connectivity index is 0.739. The normalized spacial score (nSPS) is 20.9. The highest BCUT2D eigenvalue weighted by molar-refractivity contribution is 6.09. The molecule has 6 aromatic carbocycles. The highest BCUT2D eigenvalue weighted by Crippen LogP contribution is 2.48. The number of benzene rings is 6. The van der Waals surface area contributed by atoms with Gasteiger partial charge in [-0.1, -0.05) is 164 Å². The molecule has 1 aliphatic heterocycles. The fraction of sp³-hybridized carbons (Fsp3) is 0.119. The molecule has 1 aromatic heterocycles. The summed E-state index contributed by atoms with van der Waals surface area (Å²) in [7, 11) is 0. The van der Waals surface area contributed by atoms with E-state index in [1.165, 1.54) is 39.1 Å². The Morgan fingerprint density at radius 3 is 1.94 bits per heavy atom. The van der Waals surface area contributed by atoms with Crippen molar-refractivity contribution in [2.24, 2.45) is 5.92 Å². The summed E-state index contributed by atoms with van der Waals surface area (Å²) in [5, 5.41) is 2.29. The maximum absolute atomic E-state index is 6.59. The topological polar surface area (TPSA) is 28.9 Å². The van der Waals surface area contributed by atoms with Gasteiger partial charge < -0.3 is 19.0 Å². The number of para-hydroxylation sites is 4. The lowest BCUT2D eigenvalue weighted by Gasteiger charge is -2.33. The van der Waals surface area contributed by atoms with Crippen LogP contribution in [0.5, 0.6) is 0 Å². The van der Waals surface area contributed by atoms with Crippen LogP contribution in [0.2, 0.25) is 0 Å². The van der Waals surface area contributed by atoms with Crippen molar-refractivity contribution in [3.05, 3.63) is 252 Å². The van der Waals surface area contributed by atoms with Gasteiger partial charge in [0.15, 0.2) is 5.58 Å². The van der Waals surface area contributed by atoms with E-state index < -0.39 is 0 Å². The SMILES string of the molecule is C1=CC2OC3=C(N(c4ccccc4)c4ccc(-c5ccc(C6C=CC(C7=CCC(N(c8ccccc8)c8cccc9c8oc8ccccc89)C=C7)=CC6)cc5)cc4)CC=C3C2C=C1. The number of nitrogens with zero attached hydrogens (tertiary/aromatic N) is 2. The largest absolute Gasteiger partial charge is 0.483 e. The van der Waals surface area contributed by atoms with Gasteiger partial charge in [0.2, 0.25) is 0 Å². The smallest absolute Gasteiger partial charge is 0.159 e. The molecular weight excluding hydrogens is 769 g/mol. The van der Waals surface area contributed by atoms with Crippen molar-refractivity contribution in [3.63, 3.8) is 0 Å². The van der Waals surface area contributed by atoms with E-state index in [1.807, 2.05) is 6.07 Å². The number of fused-ring (bicyclic) bond motifs is 6. The lowest BCUT2D eigenvalue weighted by molar-refractivity contribution is 0.181. The molecule has 4 aliphatic carbocycles. The van der Waals surface area contributed by atoms with Gasteiger partial charge in [-0.25, -0.2) is 0 Å². The van der Waals surface area contributed by atoms with Crippen LogP contribution in [0, 0.1) is 5.92 Å². The third-order valence-electron chi connectivity index (χ3n) is 13.3. The number of rotatable bonds is 9. The second-order valence-electron chi connectivity index (χ2n) is 17.0. The van der Waals surface area contributed by atoms with Crippen LogP contribution >= 0.6 is 0 Å². The van der Waals surface area contributed by atoms with E-state index in [1.54, 1.807) is 0 Å². The van der Waals surface area contributed by atoms with Gasteiger partial charge in [-0.05, 0) is 95.3 Å². The van der Waals surface area contributed by atoms with Crippen molar-refractivity contribution in [2.75, 3.05) is 9.80 Å². The van der Waals surface area contributed by atoms with E-state index in [0.717, 1.165) is 69.7 Å². The minimum atomic E-state index is 0.0755. The minimum Gasteiger partial charge on any atom is -0.483 e. The Labute approximate surface area is 368 Å². The van der Waals surface area contributed by atoms with Crippen molar-refractivity contribution in [3.8, 4) is 11.1 Å². The number of furan rings is 1. The first-order valence-electron chi connectivity index (χ1n) is 22.3. The van der Waals surface area contributed by atoms with Gasteiger partial charge in [0.05, 0.1) is 17.4 Å². The lowest BCUT2D eigenvalue weighted by Crippen LogP contribution is -2.30. The Bertz CT molecular complexity index is 3120. The van der Waals surface area contributed by atoms with Gasteiger partial charge in [-0.2, -0.15) is 0 Å². The molecule has 304 valence electrons. The molecule has 12 rings (SSSR count). The van der Waals surface area contributed by atoms with Crippen molar-refractivity contribution < 1.29 is 9.15 Å². The molecule has 0 radical (unpaired) electrons. The molecule has 4 heteroatoms. The van der Waals surface area contributed by atoms with E-state index in [9.17, 15) is 0 Å². The molecule has 0 spiro atoms. The van der Waals surface area contributed by atoms with Gasteiger partial charge in [-0.15, -0.1) is 0 Å². The Morgan fingerprint density at radius 1 is 0.524 bits per heavy atom. The summed E-state index contributed by atoms with van der Waals surface area (Å²) in [6, 6.07) is 54.5. The first-order valence-corrected chi connectivity index (χ1v) is 22.3. The van der Waals surface area contributed by atoms with Crippen LogP contribution in [0.3, 0.4) is 0 Å². The second-order valence-corrected chi connectivity index (χ2v) is 17.0. The molecule has 0 saturated carbocycles. The zero-order valence-corrected chi connectivity index (χ0v) is 34.9. The van der Waals surface area contributed by atoms with Gasteiger partial charge in [0.1, 0.15) is 17.4 Å². The van der Waals surface area contributed by atoms with Crippen molar-refractivity contribution in [1.82, 2.24) is 0 Å². The highest BCUT2D eigenvalue weighted by Gasteiger charge is 2.40. The number of anilines is 4. The predicted octanol–water partition coefficient (Wildman–Crippen LogP) is 15.1. The van der Waals surface area contributed by atoms with Crippen LogP contribution in [0.15, 0.2) is 251 Å². The van der Waals surface area contributed by atoms with Crippen molar-refractivity contribution in [2.45, 2.75) is 37.3 Å². The van der Waals surface area contributed by atoms with Crippen LogP contribution in [0.4, 0.5) is 22.7 Å². The molecule has 5 aliphatic rings. The zero-order valence-electron chi connectivity index (χ0n) is 34.9. The first-order chi connectivity index (χ1) is 31.2. The van der Waals surface area contributed by atoms with E-state index in [4.69, 9.17) is 9.15 Å². The van der Waals surface area contributed by atoms with E-state index >= 15 is 0 Å². The maximum Gasteiger partial charge on any atom is 0.159 e. The first kappa shape index (κ1) is 37.2. The van der Waals surface area contributed by atoms with Gasteiger partial charge in [-0.3, -0.25) is 0 Å². The van der Waals surface area contributed by atoms with E-state index in [-0.39, 0.29) is 12.1 Å². The van der Waals surface area contributed by atoms with Gasteiger partial charge >= 0.3 is 0 Å². The average molecular weight is 815 g/mol. The van der Waals surface area contributed by atoms with E-state index in [2.05, 4.69) is 222 Å².